The maximum absolute atomic E-state index is 12.7. The normalized spacial score (nSPS) is 17.9. The fourth-order valence-electron chi connectivity index (χ4n) is 2.05. The standard InChI is InChI=1S/C12H12FN3O3/c1-2-12(5-7-3-4-8(13)14-6-7)9(17)15-11(19)16-10(12)18/h3-4,6H,2,5H2,1H3,(H2,15,16,17,18,19)/i13-1. The van der Waals surface area contributed by atoms with Crippen LogP contribution in [-0.4, -0.2) is 22.8 Å². The molecule has 100 valence electrons. The average Bonchev–Trinajstić information content (AvgIpc) is 2.36. The van der Waals surface area contributed by atoms with Gasteiger partial charge in [0.05, 0.1) is 0 Å². The van der Waals surface area contributed by atoms with Crippen LogP contribution in [0.1, 0.15) is 18.9 Å². The summed E-state index contributed by atoms with van der Waals surface area (Å²) < 4.78 is 12.7. The number of barbiturate groups is 1. The van der Waals surface area contributed by atoms with Crippen LogP contribution in [0.4, 0.5) is 9.18 Å². The number of hydrogen-bond donors (Lipinski definition) is 2. The Balaban J connectivity index is 2.32. The van der Waals surface area contributed by atoms with Gasteiger partial charge in [-0.3, -0.25) is 20.2 Å². The highest BCUT2D eigenvalue weighted by atomic mass is 18.2. The van der Waals surface area contributed by atoms with Crippen molar-refractivity contribution in [2.24, 2.45) is 5.41 Å². The van der Waals surface area contributed by atoms with Crippen molar-refractivity contribution in [2.75, 3.05) is 0 Å². The molecule has 6 nitrogen and oxygen atoms in total. The van der Waals surface area contributed by atoms with Gasteiger partial charge in [0.15, 0.2) is 0 Å². The van der Waals surface area contributed by atoms with Crippen molar-refractivity contribution < 1.29 is 18.8 Å². The second kappa shape index (κ2) is 4.75. The quantitative estimate of drug-likeness (QED) is 0.615. The molecule has 0 radical (unpaired) electrons. The number of carbonyl (C=O) groups excluding carboxylic acids is 3. The van der Waals surface area contributed by atoms with Crippen LogP contribution in [0.5, 0.6) is 0 Å². The Bertz CT molecular complexity index is 522. The van der Waals surface area contributed by atoms with Gasteiger partial charge < -0.3 is 0 Å². The second-order valence-electron chi connectivity index (χ2n) is 4.34. The van der Waals surface area contributed by atoms with E-state index in [1.54, 1.807) is 6.92 Å². The maximum Gasteiger partial charge on any atom is 0.328 e. The van der Waals surface area contributed by atoms with Crippen LogP contribution < -0.4 is 10.6 Å². The first-order valence-electron chi connectivity index (χ1n) is 5.75. The van der Waals surface area contributed by atoms with Gasteiger partial charge in [0.25, 0.3) is 0 Å². The van der Waals surface area contributed by atoms with Gasteiger partial charge in [-0.15, -0.1) is 0 Å². The molecule has 1 aliphatic rings. The summed E-state index contributed by atoms with van der Waals surface area (Å²) in [5.41, 5.74) is -0.823. The minimum atomic E-state index is -1.37. The van der Waals surface area contributed by atoms with Crippen molar-refractivity contribution in [3.05, 3.63) is 29.8 Å². The molecule has 1 aliphatic heterocycles. The third-order valence-electron chi connectivity index (χ3n) is 3.22. The summed E-state index contributed by atoms with van der Waals surface area (Å²) in [6, 6.07) is 1.79. The first-order chi connectivity index (χ1) is 8.98. The Labute approximate surface area is 108 Å². The van der Waals surface area contributed by atoms with E-state index in [0.717, 1.165) is 6.07 Å². The fraction of sp³-hybridized carbons (Fsp3) is 0.333. The van der Waals surface area contributed by atoms with Crippen LogP contribution in [0.3, 0.4) is 0 Å². The average molecular weight is 264 g/mol. The van der Waals surface area contributed by atoms with Gasteiger partial charge in [0, 0.05) is 6.20 Å². The zero-order valence-electron chi connectivity index (χ0n) is 10.2. The Morgan fingerprint density at radius 3 is 2.32 bits per heavy atom. The molecule has 1 aromatic heterocycles. The van der Waals surface area contributed by atoms with Crippen molar-refractivity contribution >= 4 is 17.8 Å². The Kier molecular flexibility index (Phi) is 3.28. The smallest absolute Gasteiger partial charge is 0.277 e. The van der Waals surface area contributed by atoms with E-state index in [9.17, 15) is 18.8 Å². The van der Waals surface area contributed by atoms with Crippen LogP contribution in [0.2, 0.25) is 0 Å². The molecular weight excluding hydrogens is 252 g/mol. The lowest BCUT2D eigenvalue weighted by atomic mass is 9.76. The van der Waals surface area contributed by atoms with E-state index in [0.29, 0.717) is 5.56 Å². The summed E-state index contributed by atoms with van der Waals surface area (Å²) >= 11 is 0. The first kappa shape index (κ1) is 13.1. The summed E-state index contributed by atoms with van der Waals surface area (Å²) in [6.45, 7) is 1.67. The molecule has 0 atom stereocenters. The molecular formula is C12H12FN3O3. The number of nitrogens with one attached hydrogen (secondary N) is 2. The molecule has 0 spiro atoms. The number of amides is 4. The number of rotatable bonds is 3. The lowest BCUT2D eigenvalue weighted by molar-refractivity contribution is -0.144. The molecule has 1 saturated heterocycles. The lowest BCUT2D eigenvalue weighted by Crippen LogP contribution is -2.63. The topological polar surface area (TPSA) is 88.2 Å². The molecule has 2 N–H and O–H groups in total. The number of aromatic nitrogens is 1. The highest BCUT2D eigenvalue weighted by molar-refractivity contribution is 6.19. The van der Waals surface area contributed by atoms with Gasteiger partial charge in [-0.2, -0.15) is 4.39 Å². The van der Waals surface area contributed by atoms with Crippen molar-refractivity contribution in [3.8, 4) is 0 Å². The third-order valence-corrected chi connectivity index (χ3v) is 3.22. The molecule has 19 heavy (non-hydrogen) atoms. The molecule has 7 heteroatoms. The molecule has 0 bridgehead atoms. The van der Waals surface area contributed by atoms with Gasteiger partial charge in [-0.1, -0.05) is 13.0 Å². The predicted molar refractivity (Wildman–Crippen MR) is 62.3 cm³/mol. The van der Waals surface area contributed by atoms with Gasteiger partial charge in [0.2, 0.25) is 17.8 Å². The van der Waals surface area contributed by atoms with Gasteiger partial charge in [-0.05, 0) is 24.5 Å². The van der Waals surface area contributed by atoms with E-state index in [2.05, 4.69) is 15.6 Å². The van der Waals surface area contributed by atoms with E-state index in [-0.39, 0.29) is 12.8 Å². The van der Waals surface area contributed by atoms with Crippen molar-refractivity contribution in [1.29, 1.82) is 0 Å². The largest absolute Gasteiger partial charge is 0.328 e. The molecule has 0 saturated carbocycles. The van der Waals surface area contributed by atoms with E-state index in [4.69, 9.17) is 0 Å². The van der Waals surface area contributed by atoms with E-state index >= 15 is 0 Å². The number of pyridine rings is 1. The van der Waals surface area contributed by atoms with Gasteiger partial charge in [-0.25, -0.2) is 9.78 Å². The molecule has 0 unspecified atom stereocenters. The van der Waals surface area contributed by atoms with Gasteiger partial charge >= 0.3 is 6.03 Å². The van der Waals surface area contributed by atoms with Crippen LogP contribution >= 0.6 is 0 Å². The fourth-order valence-corrected chi connectivity index (χ4v) is 2.05. The zero-order chi connectivity index (χ0) is 14.0. The number of urea groups is 1. The van der Waals surface area contributed by atoms with E-state index in [1.807, 2.05) is 0 Å². The Morgan fingerprint density at radius 1 is 1.21 bits per heavy atom. The highest BCUT2D eigenvalue weighted by Crippen LogP contribution is 2.29. The van der Waals surface area contributed by atoms with Crippen LogP contribution in [0.25, 0.3) is 0 Å². The van der Waals surface area contributed by atoms with Crippen molar-refractivity contribution in [1.82, 2.24) is 15.6 Å². The van der Waals surface area contributed by atoms with E-state index in [1.165, 1.54) is 12.3 Å². The highest BCUT2D eigenvalue weighted by Gasteiger charge is 2.48. The van der Waals surface area contributed by atoms with Crippen LogP contribution in [-0.2, 0) is 16.0 Å². The molecule has 0 aliphatic carbocycles. The van der Waals surface area contributed by atoms with E-state index < -0.39 is 29.2 Å². The third kappa shape index (κ3) is 2.31. The molecule has 1 fully saturated rings. The molecule has 4 amide bonds. The number of hydrogen-bond acceptors (Lipinski definition) is 4. The second-order valence-corrected chi connectivity index (χ2v) is 4.34. The number of nitrogens with zero attached hydrogens (tertiary/aromatic N) is 1. The number of halogens is 1. The summed E-state index contributed by atoms with van der Waals surface area (Å²) in [7, 11) is 0. The minimum absolute atomic E-state index is 0.0573. The number of carbonyl (C=O) groups is 3. The molecule has 1 aromatic rings. The Morgan fingerprint density at radius 2 is 1.84 bits per heavy atom. The number of imide groups is 2. The summed E-state index contributed by atoms with van der Waals surface area (Å²) in [5, 5.41) is 4.16. The Hall–Kier alpha value is -2.31. The first-order valence-corrected chi connectivity index (χ1v) is 5.75. The van der Waals surface area contributed by atoms with Crippen LogP contribution in [0, 0.1) is 11.4 Å². The molecule has 0 aromatic carbocycles. The lowest BCUT2D eigenvalue weighted by Gasteiger charge is -2.32. The summed E-state index contributed by atoms with van der Waals surface area (Å²) in [6.07, 6.45) is 1.54. The summed E-state index contributed by atoms with van der Waals surface area (Å²) in [5.74, 6) is -1.93. The monoisotopic (exact) mass is 264 g/mol. The van der Waals surface area contributed by atoms with Crippen molar-refractivity contribution in [3.63, 3.8) is 0 Å². The maximum atomic E-state index is 12.7. The van der Waals surface area contributed by atoms with Crippen molar-refractivity contribution in [2.45, 2.75) is 19.8 Å². The van der Waals surface area contributed by atoms with Gasteiger partial charge in [0.1, 0.15) is 5.41 Å². The molecule has 2 heterocycles. The minimum Gasteiger partial charge on any atom is -0.277 e. The predicted octanol–water partition coefficient (Wildman–Crippen LogP) is 0.526. The van der Waals surface area contributed by atoms with Crippen LogP contribution in [0.15, 0.2) is 18.3 Å². The molecule has 2 rings (SSSR count). The SMILES string of the molecule is CCC1(Cc2ccc([18F])nc2)C(=O)NC(=O)NC1=O. The zero-order valence-corrected chi connectivity index (χ0v) is 10.2. The summed E-state index contributed by atoms with van der Waals surface area (Å²) in [4.78, 5) is 38.4.